The molecular weight excluding hydrogens is 450 g/mol. The van der Waals surface area contributed by atoms with Crippen molar-refractivity contribution in [1.29, 1.82) is 0 Å². The summed E-state index contributed by atoms with van der Waals surface area (Å²) in [6, 6.07) is 9.62. The third kappa shape index (κ3) is 5.03. The molecule has 0 aliphatic rings. The van der Waals surface area contributed by atoms with Crippen molar-refractivity contribution >= 4 is 54.0 Å². The minimum absolute atomic E-state index is 0.0668. The standard InChI is InChI=1S/C18H15N3O8S2/c1-10(22)19-12-4-7-14-15(8-12)18(17(9-16(14)23)31(27,28)29)21-20-11-2-5-13(6-3-11)30(24,25)26/h2-9,23H,1H3,(H,19,22)(H,24,25,26)(H,27,28,29). The van der Waals surface area contributed by atoms with E-state index in [2.05, 4.69) is 15.5 Å². The maximum absolute atomic E-state index is 11.9. The fourth-order valence-electron chi connectivity index (χ4n) is 2.74. The molecule has 0 spiro atoms. The van der Waals surface area contributed by atoms with Gasteiger partial charge in [0.1, 0.15) is 16.3 Å². The van der Waals surface area contributed by atoms with Crippen LogP contribution >= 0.6 is 0 Å². The van der Waals surface area contributed by atoms with Crippen LogP contribution in [0.1, 0.15) is 6.92 Å². The summed E-state index contributed by atoms with van der Waals surface area (Å²) in [5.74, 6) is -0.843. The van der Waals surface area contributed by atoms with E-state index in [1.54, 1.807) is 0 Å². The summed E-state index contributed by atoms with van der Waals surface area (Å²) < 4.78 is 64.6. The van der Waals surface area contributed by atoms with Crippen LogP contribution < -0.4 is 5.32 Å². The summed E-state index contributed by atoms with van der Waals surface area (Å²) >= 11 is 0. The minimum Gasteiger partial charge on any atom is -0.507 e. The van der Waals surface area contributed by atoms with E-state index in [-0.39, 0.29) is 32.7 Å². The zero-order valence-electron chi connectivity index (χ0n) is 15.7. The van der Waals surface area contributed by atoms with E-state index in [1.807, 2.05) is 0 Å². The lowest BCUT2D eigenvalue weighted by Crippen LogP contribution is -2.05. The van der Waals surface area contributed by atoms with Crippen molar-refractivity contribution in [2.24, 2.45) is 10.2 Å². The van der Waals surface area contributed by atoms with Gasteiger partial charge in [0, 0.05) is 29.4 Å². The van der Waals surface area contributed by atoms with Crippen LogP contribution in [0.4, 0.5) is 17.1 Å². The van der Waals surface area contributed by atoms with E-state index in [1.165, 1.54) is 37.3 Å². The summed E-state index contributed by atoms with van der Waals surface area (Å²) in [6.07, 6.45) is 0. The van der Waals surface area contributed by atoms with Crippen molar-refractivity contribution in [2.75, 3.05) is 5.32 Å². The molecule has 0 aliphatic carbocycles. The third-order valence-electron chi connectivity index (χ3n) is 4.05. The van der Waals surface area contributed by atoms with Gasteiger partial charge in [0.25, 0.3) is 20.2 Å². The molecule has 0 heterocycles. The van der Waals surface area contributed by atoms with Crippen molar-refractivity contribution < 1.29 is 35.8 Å². The number of hydrogen-bond donors (Lipinski definition) is 4. The first-order valence-electron chi connectivity index (χ1n) is 8.40. The molecule has 11 nitrogen and oxygen atoms in total. The van der Waals surface area contributed by atoms with Crippen molar-refractivity contribution in [3.8, 4) is 5.75 Å². The third-order valence-corrected chi connectivity index (χ3v) is 5.79. The lowest BCUT2D eigenvalue weighted by molar-refractivity contribution is -0.114. The number of phenolic OH excluding ortho intramolecular Hbond substituents is 1. The van der Waals surface area contributed by atoms with Gasteiger partial charge in [0.2, 0.25) is 5.91 Å². The molecule has 3 aromatic rings. The molecule has 0 radical (unpaired) electrons. The molecule has 0 aromatic heterocycles. The Bertz CT molecular complexity index is 1430. The number of nitrogens with zero attached hydrogens (tertiary/aromatic N) is 2. The Morgan fingerprint density at radius 2 is 1.52 bits per heavy atom. The number of anilines is 1. The van der Waals surface area contributed by atoms with Gasteiger partial charge in [-0.3, -0.25) is 13.9 Å². The fraction of sp³-hybridized carbons (Fsp3) is 0.0556. The molecule has 3 aromatic carbocycles. The average molecular weight is 465 g/mol. The second-order valence-corrected chi connectivity index (χ2v) is 9.14. The van der Waals surface area contributed by atoms with Gasteiger partial charge >= 0.3 is 0 Å². The van der Waals surface area contributed by atoms with E-state index in [4.69, 9.17) is 4.55 Å². The number of benzene rings is 3. The van der Waals surface area contributed by atoms with Gasteiger partial charge in [-0.05, 0) is 42.5 Å². The number of carbonyl (C=O) groups is 1. The molecule has 0 fully saturated rings. The number of azo groups is 1. The van der Waals surface area contributed by atoms with Crippen LogP contribution in [0.3, 0.4) is 0 Å². The summed E-state index contributed by atoms with van der Waals surface area (Å²) in [7, 11) is -9.24. The average Bonchev–Trinajstić information content (AvgIpc) is 2.65. The smallest absolute Gasteiger partial charge is 0.296 e. The molecule has 13 heteroatoms. The van der Waals surface area contributed by atoms with E-state index < -0.39 is 36.8 Å². The highest BCUT2D eigenvalue weighted by molar-refractivity contribution is 7.86. The first-order chi connectivity index (χ1) is 14.4. The SMILES string of the molecule is CC(=O)Nc1ccc2c(O)cc(S(=O)(=O)O)c(N=Nc3ccc(S(=O)(=O)O)cc3)c2c1. The van der Waals surface area contributed by atoms with E-state index in [9.17, 15) is 31.3 Å². The maximum Gasteiger partial charge on any atom is 0.296 e. The Morgan fingerprint density at radius 3 is 2.06 bits per heavy atom. The second kappa shape index (κ2) is 8.03. The lowest BCUT2D eigenvalue weighted by atomic mass is 10.1. The first kappa shape index (κ1) is 22.3. The number of amides is 1. The molecule has 0 bridgehead atoms. The molecule has 0 saturated carbocycles. The van der Waals surface area contributed by atoms with Crippen LogP contribution in [-0.2, 0) is 25.0 Å². The Labute approximate surface area is 176 Å². The Morgan fingerprint density at radius 1 is 0.871 bits per heavy atom. The van der Waals surface area contributed by atoms with Crippen LogP contribution in [0.2, 0.25) is 0 Å². The number of nitrogens with one attached hydrogen (secondary N) is 1. The number of rotatable bonds is 5. The van der Waals surface area contributed by atoms with Crippen LogP contribution in [-0.4, -0.2) is 37.0 Å². The summed E-state index contributed by atoms with van der Waals surface area (Å²) in [4.78, 5) is 10.2. The van der Waals surface area contributed by atoms with Crippen LogP contribution in [0.15, 0.2) is 68.6 Å². The summed E-state index contributed by atoms with van der Waals surface area (Å²) in [5.41, 5.74) is 0.0649. The molecule has 4 N–H and O–H groups in total. The molecule has 1 amide bonds. The largest absolute Gasteiger partial charge is 0.507 e. The number of phenols is 1. The van der Waals surface area contributed by atoms with Gasteiger partial charge in [-0.25, -0.2) is 0 Å². The van der Waals surface area contributed by atoms with Gasteiger partial charge in [0.15, 0.2) is 0 Å². The maximum atomic E-state index is 11.9. The van der Waals surface area contributed by atoms with Crippen LogP contribution in [0.5, 0.6) is 5.75 Å². The zero-order chi connectivity index (χ0) is 23.0. The van der Waals surface area contributed by atoms with Crippen LogP contribution in [0, 0.1) is 0 Å². The quantitative estimate of drug-likeness (QED) is 0.326. The summed E-state index contributed by atoms with van der Waals surface area (Å²) in [6.45, 7) is 1.27. The summed E-state index contributed by atoms with van der Waals surface area (Å²) in [5, 5.41) is 20.7. The normalized spacial score (nSPS) is 12.4. The van der Waals surface area contributed by atoms with Crippen molar-refractivity contribution in [3.05, 3.63) is 48.5 Å². The molecule has 0 unspecified atom stereocenters. The predicted molar refractivity (Wildman–Crippen MR) is 110 cm³/mol. The molecule has 3 rings (SSSR count). The zero-order valence-corrected chi connectivity index (χ0v) is 17.3. The molecular formula is C18H15N3O8S2. The van der Waals surface area contributed by atoms with Crippen LogP contribution in [0.25, 0.3) is 10.8 Å². The highest BCUT2D eigenvalue weighted by Gasteiger charge is 2.21. The van der Waals surface area contributed by atoms with Crippen molar-refractivity contribution in [1.82, 2.24) is 0 Å². The van der Waals surface area contributed by atoms with E-state index in [0.29, 0.717) is 0 Å². The number of carbonyl (C=O) groups excluding carboxylic acids is 1. The Balaban J connectivity index is 2.21. The van der Waals surface area contributed by atoms with Crippen molar-refractivity contribution in [3.63, 3.8) is 0 Å². The minimum atomic E-state index is -4.83. The van der Waals surface area contributed by atoms with Gasteiger partial charge in [-0.2, -0.15) is 21.9 Å². The van der Waals surface area contributed by atoms with Gasteiger partial charge in [-0.1, -0.05) is 0 Å². The highest BCUT2D eigenvalue weighted by Crippen LogP contribution is 2.40. The lowest BCUT2D eigenvalue weighted by Gasteiger charge is -2.11. The van der Waals surface area contributed by atoms with Crippen molar-refractivity contribution in [2.45, 2.75) is 16.7 Å². The second-order valence-electron chi connectivity index (χ2n) is 6.33. The molecule has 31 heavy (non-hydrogen) atoms. The van der Waals surface area contributed by atoms with E-state index >= 15 is 0 Å². The number of aromatic hydroxyl groups is 1. The first-order valence-corrected chi connectivity index (χ1v) is 11.3. The monoisotopic (exact) mass is 465 g/mol. The van der Waals surface area contributed by atoms with Gasteiger partial charge in [0.05, 0.1) is 10.6 Å². The predicted octanol–water partition coefficient (Wildman–Crippen LogP) is 3.41. The molecule has 0 atom stereocenters. The Hall–Kier alpha value is -3.39. The fourth-order valence-corrected chi connectivity index (χ4v) is 3.88. The number of hydrogen-bond acceptors (Lipinski definition) is 8. The van der Waals surface area contributed by atoms with E-state index in [0.717, 1.165) is 18.2 Å². The molecule has 0 aliphatic heterocycles. The molecule has 0 saturated heterocycles. The molecule has 162 valence electrons. The van der Waals surface area contributed by atoms with Gasteiger partial charge < -0.3 is 10.4 Å². The van der Waals surface area contributed by atoms with Gasteiger partial charge in [-0.15, -0.1) is 5.11 Å². The number of fused-ring (bicyclic) bond motifs is 1. The Kier molecular flexibility index (Phi) is 5.78. The highest BCUT2D eigenvalue weighted by atomic mass is 32.2. The topological polar surface area (TPSA) is 183 Å².